The average Bonchev–Trinajstić information content (AvgIpc) is 2.74. The third kappa shape index (κ3) is 5.21. The van der Waals surface area contributed by atoms with Gasteiger partial charge < -0.3 is 14.8 Å². The Kier molecular flexibility index (Phi) is 6.80. The third-order valence-electron chi connectivity index (χ3n) is 4.44. The maximum Gasteiger partial charge on any atom is 0.339 e. The number of hydrogen-bond donors (Lipinski definition) is 1. The standard InChI is InChI=1S/C20H21FN2O6S/c1-14(29-20(25)15-3-2-4-16(21)13-15)19(24)22-17-5-7-18(8-6-17)30(26,27)23-9-11-28-12-10-23/h2-8,13-14H,9-12H2,1H3,(H,22,24)/t14-/m0/s1. The van der Waals surface area contributed by atoms with E-state index in [1.807, 2.05) is 0 Å². The highest BCUT2D eigenvalue weighted by Crippen LogP contribution is 2.19. The zero-order valence-corrected chi connectivity index (χ0v) is 17.0. The van der Waals surface area contributed by atoms with Crippen LogP contribution in [-0.2, 0) is 24.3 Å². The van der Waals surface area contributed by atoms with Crippen LogP contribution in [0, 0.1) is 5.82 Å². The Balaban J connectivity index is 1.60. The Labute approximate surface area is 173 Å². The fraction of sp³-hybridized carbons (Fsp3) is 0.300. The van der Waals surface area contributed by atoms with Crippen molar-refractivity contribution >= 4 is 27.6 Å². The van der Waals surface area contributed by atoms with Gasteiger partial charge in [0, 0.05) is 18.8 Å². The Bertz CT molecular complexity index is 1020. The van der Waals surface area contributed by atoms with Gasteiger partial charge in [-0.05, 0) is 49.4 Å². The van der Waals surface area contributed by atoms with Gasteiger partial charge in [-0.3, -0.25) is 4.79 Å². The topological polar surface area (TPSA) is 102 Å². The lowest BCUT2D eigenvalue weighted by atomic mass is 10.2. The normalized spacial score (nSPS) is 15.9. The molecule has 160 valence electrons. The van der Waals surface area contributed by atoms with Crippen LogP contribution in [0.4, 0.5) is 10.1 Å². The third-order valence-corrected chi connectivity index (χ3v) is 6.36. The number of nitrogens with one attached hydrogen (secondary N) is 1. The van der Waals surface area contributed by atoms with Crippen molar-refractivity contribution < 1.29 is 31.9 Å². The SMILES string of the molecule is C[C@H](OC(=O)c1cccc(F)c1)C(=O)Nc1ccc(S(=O)(=O)N2CCOCC2)cc1. The lowest BCUT2D eigenvalue weighted by molar-refractivity contribution is -0.123. The van der Waals surface area contributed by atoms with Crippen molar-refractivity contribution in [1.82, 2.24) is 4.31 Å². The number of benzene rings is 2. The molecule has 0 unspecified atom stereocenters. The summed E-state index contributed by atoms with van der Waals surface area (Å²) >= 11 is 0. The number of ether oxygens (including phenoxy) is 2. The molecule has 2 aromatic rings. The Morgan fingerprint density at radius 1 is 1.13 bits per heavy atom. The predicted octanol–water partition coefficient (Wildman–Crippen LogP) is 2.03. The molecule has 0 bridgehead atoms. The van der Waals surface area contributed by atoms with Crippen LogP contribution in [-0.4, -0.2) is 57.0 Å². The van der Waals surface area contributed by atoms with Crippen molar-refractivity contribution in [3.8, 4) is 0 Å². The van der Waals surface area contributed by atoms with Crippen molar-refractivity contribution in [1.29, 1.82) is 0 Å². The van der Waals surface area contributed by atoms with Crippen LogP contribution in [0.1, 0.15) is 17.3 Å². The molecular formula is C20H21FN2O6S. The van der Waals surface area contributed by atoms with E-state index in [0.717, 1.165) is 6.07 Å². The second-order valence-electron chi connectivity index (χ2n) is 6.59. The van der Waals surface area contributed by atoms with E-state index in [2.05, 4.69) is 5.32 Å². The molecule has 1 fully saturated rings. The number of morpholine rings is 1. The summed E-state index contributed by atoms with van der Waals surface area (Å²) in [5.41, 5.74) is 0.335. The molecule has 10 heteroatoms. The molecule has 1 saturated heterocycles. The van der Waals surface area contributed by atoms with E-state index in [9.17, 15) is 22.4 Å². The number of sulfonamides is 1. The van der Waals surface area contributed by atoms with Crippen LogP contribution in [0.25, 0.3) is 0 Å². The molecule has 0 saturated carbocycles. The van der Waals surface area contributed by atoms with Gasteiger partial charge in [-0.15, -0.1) is 0 Å². The number of amides is 1. The summed E-state index contributed by atoms with van der Waals surface area (Å²) in [5, 5.41) is 2.55. The molecule has 30 heavy (non-hydrogen) atoms. The summed E-state index contributed by atoms with van der Waals surface area (Å²) < 4.78 is 50.0. The molecule has 0 spiro atoms. The zero-order chi connectivity index (χ0) is 21.7. The number of anilines is 1. The molecule has 0 aliphatic carbocycles. The maximum atomic E-state index is 13.2. The van der Waals surface area contributed by atoms with E-state index in [4.69, 9.17) is 9.47 Å². The minimum Gasteiger partial charge on any atom is -0.449 e. The number of nitrogens with zero attached hydrogens (tertiary/aromatic N) is 1. The van der Waals surface area contributed by atoms with Crippen molar-refractivity contribution in [3.63, 3.8) is 0 Å². The highest BCUT2D eigenvalue weighted by atomic mass is 32.2. The molecule has 2 aromatic carbocycles. The van der Waals surface area contributed by atoms with Gasteiger partial charge in [-0.2, -0.15) is 4.31 Å². The summed E-state index contributed by atoms with van der Waals surface area (Å²) in [6, 6.07) is 10.6. The Morgan fingerprint density at radius 2 is 1.80 bits per heavy atom. The second-order valence-corrected chi connectivity index (χ2v) is 8.53. The van der Waals surface area contributed by atoms with Gasteiger partial charge in [0.05, 0.1) is 23.7 Å². The Hall–Kier alpha value is -2.82. The number of hydrogen-bond acceptors (Lipinski definition) is 6. The van der Waals surface area contributed by atoms with E-state index in [0.29, 0.717) is 18.9 Å². The van der Waals surface area contributed by atoms with Crippen molar-refractivity contribution in [3.05, 3.63) is 59.9 Å². The van der Waals surface area contributed by atoms with Crippen LogP contribution in [0.5, 0.6) is 0 Å². The molecule has 1 atom stereocenters. The number of carbonyl (C=O) groups excluding carboxylic acids is 2. The van der Waals surface area contributed by atoms with Crippen molar-refractivity contribution in [2.75, 3.05) is 31.6 Å². The lowest BCUT2D eigenvalue weighted by Gasteiger charge is -2.26. The fourth-order valence-corrected chi connectivity index (χ4v) is 4.20. The summed E-state index contributed by atoms with van der Waals surface area (Å²) in [6.07, 6.45) is -1.14. The maximum absolute atomic E-state index is 13.2. The molecule has 1 amide bonds. The molecule has 1 aliphatic rings. The molecule has 3 rings (SSSR count). The van der Waals surface area contributed by atoms with Gasteiger partial charge in [0.1, 0.15) is 5.82 Å². The van der Waals surface area contributed by atoms with Gasteiger partial charge >= 0.3 is 5.97 Å². The zero-order valence-electron chi connectivity index (χ0n) is 16.2. The summed E-state index contributed by atoms with van der Waals surface area (Å²) in [5.74, 6) is -2.03. The van der Waals surface area contributed by atoms with E-state index < -0.39 is 33.8 Å². The first-order valence-corrected chi connectivity index (χ1v) is 10.7. The number of halogens is 1. The van der Waals surface area contributed by atoms with Crippen LogP contribution >= 0.6 is 0 Å². The predicted molar refractivity (Wildman–Crippen MR) is 106 cm³/mol. The minimum atomic E-state index is -3.63. The molecule has 8 nitrogen and oxygen atoms in total. The van der Waals surface area contributed by atoms with Gasteiger partial charge in [-0.1, -0.05) is 6.07 Å². The molecule has 0 radical (unpaired) electrons. The first kappa shape index (κ1) is 21.9. The van der Waals surface area contributed by atoms with E-state index in [1.54, 1.807) is 0 Å². The van der Waals surface area contributed by atoms with Gasteiger partial charge in [-0.25, -0.2) is 17.6 Å². The van der Waals surface area contributed by atoms with Gasteiger partial charge in [0.2, 0.25) is 10.0 Å². The number of esters is 1. The largest absolute Gasteiger partial charge is 0.449 e. The van der Waals surface area contributed by atoms with Crippen LogP contribution < -0.4 is 5.32 Å². The fourth-order valence-electron chi connectivity index (χ4n) is 2.79. The first-order valence-electron chi connectivity index (χ1n) is 9.23. The monoisotopic (exact) mass is 436 g/mol. The van der Waals surface area contributed by atoms with Gasteiger partial charge in [0.15, 0.2) is 6.10 Å². The molecule has 1 aliphatic heterocycles. The molecule has 1 N–H and O–H groups in total. The van der Waals surface area contributed by atoms with E-state index in [1.165, 1.54) is 53.7 Å². The first-order chi connectivity index (χ1) is 14.3. The second kappa shape index (κ2) is 9.33. The molecule has 0 aromatic heterocycles. The summed E-state index contributed by atoms with van der Waals surface area (Å²) in [7, 11) is -3.63. The van der Waals surface area contributed by atoms with E-state index in [-0.39, 0.29) is 23.5 Å². The van der Waals surface area contributed by atoms with Crippen LogP contribution in [0.15, 0.2) is 53.4 Å². The van der Waals surface area contributed by atoms with Crippen molar-refractivity contribution in [2.45, 2.75) is 17.9 Å². The average molecular weight is 436 g/mol. The minimum absolute atomic E-state index is 0.00711. The summed E-state index contributed by atoms with van der Waals surface area (Å²) in [4.78, 5) is 24.4. The highest BCUT2D eigenvalue weighted by Gasteiger charge is 2.26. The van der Waals surface area contributed by atoms with Crippen molar-refractivity contribution in [2.24, 2.45) is 0 Å². The van der Waals surface area contributed by atoms with Gasteiger partial charge in [0.25, 0.3) is 5.91 Å². The molecule has 1 heterocycles. The lowest BCUT2D eigenvalue weighted by Crippen LogP contribution is -2.40. The summed E-state index contributed by atoms with van der Waals surface area (Å²) in [6.45, 7) is 2.65. The highest BCUT2D eigenvalue weighted by molar-refractivity contribution is 7.89. The van der Waals surface area contributed by atoms with Crippen LogP contribution in [0.2, 0.25) is 0 Å². The smallest absolute Gasteiger partial charge is 0.339 e. The number of rotatable bonds is 6. The van der Waals surface area contributed by atoms with Crippen LogP contribution in [0.3, 0.4) is 0 Å². The molecular weight excluding hydrogens is 415 g/mol. The van der Waals surface area contributed by atoms with E-state index >= 15 is 0 Å². The quantitative estimate of drug-likeness (QED) is 0.696. The Morgan fingerprint density at radius 3 is 2.43 bits per heavy atom. The number of carbonyl (C=O) groups is 2.